The summed E-state index contributed by atoms with van der Waals surface area (Å²) in [5.41, 5.74) is -0.617. The van der Waals surface area contributed by atoms with Crippen molar-refractivity contribution < 1.29 is 8.78 Å². The van der Waals surface area contributed by atoms with Crippen molar-refractivity contribution in [3.63, 3.8) is 0 Å². The van der Waals surface area contributed by atoms with Crippen LogP contribution in [0.15, 0.2) is 10.9 Å². The molecule has 1 heterocycles. The Kier molecular flexibility index (Phi) is 2.39. The third-order valence-electron chi connectivity index (χ3n) is 2.69. The van der Waals surface area contributed by atoms with E-state index >= 15 is 0 Å². The zero-order valence-corrected chi connectivity index (χ0v) is 7.67. The van der Waals surface area contributed by atoms with E-state index in [4.69, 9.17) is 0 Å². The van der Waals surface area contributed by atoms with Gasteiger partial charge in [-0.05, 0) is 12.8 Å². The Morgan fingerprint density at radius 1 is 1.43 bits per heavy atom. The molecule has 0 aliphatic heterocycles. The van der Waals surface area contributed by atoms with Crippen molar-refractivity contribution in [2.45, 2.75) is 38.2 Å². The second kappa shape index (κ2) is 3.55. The molecule has 0 radical (unpaired) electrons. The van der Waals surface area contributed by atoms with Gasteiger partial charge in [0.1, 0.15) is 5.69 Å². The number of hydrogen-bond donors (Lipinski definition) is 1. The molecule has 0 saturated heterocycles. The largest absolute Gasteiger partial charge is 0.294 e. The Hall–Kier alpha value is -1.13. The fraction of sp³-hybridized carbons (Fsp3) is 0.667. The number of nitrogens with one attached hydrogen (secondary N) is 1. The summed E-state index contributed by atoms with van der Waals surface area (Å²) >= 11 is 0. The first kappa shape index (κ1) is 9.43. The second-order valence-corrected chi connectivity index (χ2v) is 3.66. The van der Waals surface area contributed by atoms with Crippen LogP contribution in [0.1, 0.15) is 43.8 Å². The Bertz CT molecular complexity index is 363. The van der Waals surface area contributed by atoms with Crippen molar-refractivity contribution in [3.05, 3.63) is 22.1 Å². The third kappa shape index (κ3) is 1.58. The van der Waals surface area contributed by atoms with Gasteiger partial charge in [0, 0.05) is 6.07 Å². The fourth-order valence-corrected chi connectivity index (χ4v) is 1.97. The summed E-state index contributed by atoms with van der Waals surface area (Å²) in [7, 11) is 0. The fourth-order valence-electron chi connectivity index (χ4n) is 1.97. The number of H-pyrrole nitrogens is 1. The van der Waals surface area contributed by atoms with Gasteiger partial charge in [0.15, 0.2) is 0 Å². The van der Waals surface area contributed by atoms with Crippen LogP contribution in [0, 0.1) is 0 Å². The number of aromatic nitrogens is 2. The highest BCUT2D eigenvalue weighted by molar-refractivity contribution is 5.01. The molecule has 0 amide bonds. The quantitative estimate of drug-likeness (QED) is 0.784. The molecule has 3 nitrogen and oxygen atoms in total. The van der Waals surface area contributed by atoms with E-state index in [1.165, 1.54) is 4.68 Å². The molecule has 1 aromatic rings. The zero-order chi connectivity index (χ0) is 10.1. The smallest absolute Gasteiger partial charge is 0.279 e. The molecule has 1 N–H and O–H groups in total. The van der Waals surface area contributed by atoms with Crippen molar-refractivity contribution >= 4 is 0 Å². The molecule has 0 spiro atoms. The first-order valence-corrected chi connectivity index (χ1v) is 4.78. The van der Waals surface area contributed by atoms with Gasteiger partial charge in [-0.3, -0.25) is 9.89 Å². The number of hydrogen-bond acceptors (Lipinski definition) is 1. The van der Waals surface area contributed by atoms with Crippen LogP contribution in [0.2, 0.25) is 0 Å². The van der Waals surface area contributed by atoms with Gasteiger partial charge >= 0.3 is 0 Å². The molecule has 2 rings (SSSR count). The first-order chi connectivity index (χ1) is 6.68. The molecule has 1 fully saturated rings. The highest BCUT2D eigenvalue weighted by Crippen LogP contribution is 2.28. The van der Waals surface area contributed by atoms with Gasteiger partial charge in [0.25, 0.3) is 12.0 Å². The number of nitrogens with zero attached hydrogens (tertiary/aromatic N) is 1. The van der Waals surface area contributed by atoms with Gasteiger partial charge in [0.05, 0.1) is 6.04 Å². The molecular formula is C9H12F2N2O. The Morgan fingerprint density at radius 2 is 2.07 bits per heavy atom. The van der Waals surface area contributed by atoms with E-state index in [1.807, 2.05) is 0 Å². The summed E-state index contributed by atoms with van der Waals surface area (Å²) < 4.78 is 25.9. The summed E-state index contributed by atoms with van der Waals surface area (Å²) in [6, 6.07) is 1.08. The van der Waals surface area contributed by atoms with E-state index in [1.54, 1.807) is 0 Å². The lowest BCUT2D eigenvalue weighted by molar-refractivity contribution is 0.144. The topological polar surface area (TPSA) is 37.8 Å². The molecular weight excluding hydrogens is 190 g/mol. The van der Waals surface area contributed by atoms with Gasteiger partial charge in [-0.25, -0.2) is 13.5 Å². The maximum Gasteiger partial charge on any atom is 0.279 e. The average molecular weight is 202 g/mol. The van der Waals surface area contributed by atoms with E-state index in [-0.39, 0.29) is 17.3 Å². The zero-order valence-electron chi connectivity index (χ0n) is 7.67. The second-order valence-electron chi connectivity index (χ2n) is 3.66. The van der Waals surface area contributed by atoms with Crippen LogP contribution in [0.5, 0.6) is 0 Å². The van der Waals surface area contributed by atoms with Gasteiger partial charge < -0.3 is 0 Å². The molecule has 1 aliphatic rings. The molecule has 5 heteroatoms. The van der Waals surface area contributed by atoms with Crippen molar-refractivity contribution in [1.29, 1.82) is 0 Å². The van der Waals surface area contributed by atoms with Gasteiger partial charge in [-0.2, -0.15) is 0 Å². The van der Waals surface area contributed by atoms with Gasteiger partial charge in [-0.15, -0.1) is 0 Å². The number of rotatable bonds is 2. The highest BCUT2D eigenvalue weighted by Gasteiger charge is 2.21. The Morgan fingerprint density at radius 3 is 2.57 bits per heavy atom. The molecule has 14 heavy (non-hydrogen) atoms. The highest BCUT2D eigenvalue weighted by atomic mass is 19.3. The van der Waals surface area contributed by atoms with E-state index in [0.717, 1.165) is 31.7 Å². The normalized spacial score (nSPS) is 18.2. The third-order valence-corrected chi connectivity index (χ3v) is 2.69. The Balaban J connectivity index is 2.29. The van der Waals surface area contributed by atoms with Crippen molar-refractivity contribution in [3.8, 4) is 0 Å². The lowest BCUT2D eigenvalue weighted by Gasteiger charge is -2.09. The predicted molar refractivity (Wildman–Crippen MR) is 47.5 cm³/mol. The molecule has 78 valence electrons. The monoisotopic (exact) mass is 202 g/mol. The lowest BCUT2D eigenvalue weighted by atomic mass is 10.3. The average Bonchev–Trinajstić information content (AvgIpc) is 2.71. The van der Waals surface area contributed by atoms with Crippen LogP contribution >= 0.6 is 0 Å². The first-order valence-electron chi connectivity index (χ1n) is 4.78. The van der Waals surface area contributed by atoms with Crippen molar-refractivity contribution in [1.82, 2.24) is 9.78 Å². The molecule has 1 aromatic heterocycles. The maximum atomic E-state index is 12.3. The maximum absolute atomic E-state index is 12.3. The van der Waals surface area contributed by atoms with Crippen LogP contribution in [-0.4, -0.2) is 9.78 Å². The van der Waals surface area contributed by atoms with E-state index in [9.17, 15) is 13.6 Å². The van der Waals surface area contributed by atoms with Crippen LogP contribution in [0.25, 0.3) is 0 Å². The summed E-state index contributed by atoms with van der Waals surface area (Å²) in [4.78, 5) is 11.3. The molecule has 0 aromatic carbocycles. The molecule has 0 atom stereocenters. The minimum absolute atomic E-state index is 0.0926. The van der Waals surface area contributed by atoms with Gasteiger partial charge in [-0.1, -0.05) is 12.8 Å². The van der Waals surface area contributed by atoms with Gasteiger partial charge in [0.2, 0.25) is 0 Å². The van der Waals surface area contributed by atoms with E-state index in [2.05, 4.69) is 5.10 Å². The standard InChI is InChI=1S/C9H12F2N2O/c10-9(11)7-5-8(14)13(12-7)6-3-1-2-4-6/h5-6,9,12H,1-4H2. The van der Waals surface area contributed by atoms with Crippen molar-refractivity contribution in [2.75, 3.05) is 0 Å². The predicted octanol–water partition coefficient (Wildman–Crippen LogP) is 2.23. The summed E-state index contributed by atoms with van der Waals surface area (Å²) in [6.07, 6.45) is 1.36. The molecule has 1 aliphatic carbocycles. The Labute approximate surface area is 79.7 Å². The SMILES string of the molecule is O=c1cc(C(F)F)[nH]n1C1CCCC1. The van der Waals surface area contributed by atoms with E-state index < -0.39 is 6.43 Å². The van der Waals surface area contributed by atoms with E-state index in [0.29, 0.717) is 0 Å². The van der Waals surface area contributed by atoms with Crippen LogP contribution in [0.3, 0.4) is 0 Å². The molecule has 0 unspecified atom stereocenters. The minimum Gasteiger partial charge on any atom is -0.294 e. The number of alkyl halides is 2. The summed E-state index contributed by atoms with van der Waals surface area (Å²) in [5.74, 6) is 0. The van der Waals surface area contributed by atoms with Crippen LogP contribution in [-0.2, 0) is 0 Å². The number of aromatic amines is 1. The number of halogens is 2. The summed E-state index contributed by atoms with van der Waals surface area (Å²) in [5, 5.41) is 2.48. The molecule has 1 saturated carbocycles. The van der Waals surface area contributed by atoms with Crippen molar-refractivity contribution in [2.24, 2.45) is 0 Å². The summed E-state index contributed by atoms with van der Waals surface area (Å²) in [6.45, 7) is 0. The molecule has 0 bridgehead atoms. The minimum atomic E-state index is -2.59. The van der Waals surface area contributed by atoms with Crippen LogP contribution < -0.4 is 5.56 Å². The lowest BCUT2D eigenvalue weighted by Crippen LogP contribution is -2.19. The van der Waals surface area contributed by atoms with Crippen LogP contribution in [0.4, 0.5) is 8.78 Å².